The van der Waals surface area contributed by atoms with Crippen LogP contribution in [0.2, 0.25) is 0 Å². The van der Waals surface area contributed by atoms with Crippen molar-refractivity contribution in [3.05, 3.63) is 59.9 Å². The van der Waals surface area contributed by atoms with Gasteiger partial charge in [-0.15, -0.1) is 0 Å². The summed E-state index contributed by atoms with van der Waals surface area (Å²) in [6, 6.07) is 11.8. The van der Waals surface area contributed by atoms with Gasteiger partial charge in [-0.2, -0.15) is 0 Å². The highest BCUT2D eigenvalue weighted by Crippen LogP contribution is 2.16. The first-order valence-corrected chi connectivity index (χ1v) is 6.70. The van der Waals surface area contributed by atoms with Crippen LogP contribution in [0, 0.1) is 5.82 Å². The molecular weight excluding hydrogens is 303 g/mol. The molecule has 0 bridgehead atoms. The van der Waals surface area contributed by atoms with Crippen molar-refractivity contribution in [2.24, 2.45) is 0 Å². The number of ether oxygens (including phenoxy) is 2. The first kappa shape index (κ1) is 16.3. The van der Waals surface area contributed by atoms with E-state index in [2.05, 4.69) is 10.9 Å². The van der Waals surface area contributed by atoms with E-state index in [-0.39, 0.29) is 12.2 Å². The molecular formula is C16H15FN2O4. The number of para-hydroxylation sites is 1. The molecule has 0 fully saturated rings. The first-order valence-electron chi connectivity index (χ1n) is 6.70. The van der Waals surface area contributed by atoms with Crippen molar-refractivity contribution in [1.82, 2.24) is 10.9 Å². The molecule has 2 aromatic carbocycles. The van der Waals surface area contributed by atoms with Gasteiger partial charge in [0.2, 0.25) is 0 Å². The lowest BCUT2D eigenvalue weighted by atomic mass is 10.2. The van der Waals surface area contributed by atoms with E-state index in [0.29, 0.717) is 11.5 Å². The molecule has 0 aliphatic heterocycles. The number of rotatable bonds is 5. The van der Waals surface area contributed by atoms with E-state index in [1.807, 2.05) is 0 Å². The van der Waals surface area contributed by atoms with Crippen molar-refractivity contribution in [3.8, 4) is 11.5 Å². The van der Waals surface area contributed by atoms with E-state index in [0.717, 1.165) is 0 Å². The van der Waals surface area contributed by atoms with E-state index in [1.165, 1.54) is 31.4 Å². The third-order valence-corrected chi connectivity index (χ3v) is 2.85. The van der Waals surface area contributed by atoms with Crippen molar-refractivity contribution in [3.63, 3.8) is 0 Å². The van der Waals surface area contributed by atoms with Gasteiger partial charge in [0.15, 0.2) is 6.61 Å². The Morgan fingerprint density at radius 3 is 2.43 bits per heavy atom. The van der Waals surface area contributed by atoms with E-state index in [9.17, 15) is 14.0 Å². The third kappa shape index (κ3) is 4.70. The normalized spacial score (nSPS) is 9.83. The number of methoxy groups -OCH3 is 1. The zero-order valence-corrected chi connectivity index (χ0v) is 12.3. The van der Waals surface area contributed by atoms with Crippen LogP contribution in [0.4, 0.5) is 4.39 Å². The van der Waals surface area contributed by atoms with Gasteiger partial charge in [-0.25, -0.2) is 4.39 Å². The summed E-state index contributed by atoms with van der Waals surface area (Å²) >= 11 is 0. The number of halogens is 1. The van der Waals surface area contributed by atoms with E-state index in [1.54, 1.807) is 24.3 Å². The quantitative estimate of drug-likeness (QED) is 0.822. The van der Waals surface area contributed by atoms with Crippen LogP contribution in [0.15, 0.2) is 48.5 Å². The van der Waals surface area contributed by atoms with Crippen molar-refractivity contribution in [2.75, 3.05) is 13.7 Å². The molecule has 0 unspecified atom stereocenters. The fourth-order valence-corrected chi connectivity index (χ4v) is 1.74. The Hall–Kier alpha value is -3.09. The molecule has 120 valence electrons. The molecule has 2 N–H and O–H groups in total. The average molecular weight is 318 g/mol. The summed E-state index contributed by atoms with van der Waals surface area (Å²) in [5.41, 5.74) is 4.77. The van der Waals surface area contributed by atoms with Crippen molar-refractivity contribution >= 4 is 11.8 Å². The summed E-state index contributed by atoms with van der Waals surface area (Å²) in [5, 5.41) is 0. The molecule has 23 heavy (non-hydrogen) atoms. The molecule has 0 heterocycles. The lowest BCUT2D eigenvalue weighted by Gasteiger charge is -2.10. The van der Waals surface area contributed by atoms with Crippen molar-refractivity contribution in [1.29, 1.82) is 0 Å². The number of amides is 2. The molecule has 0 saturated heterocycles. The number of hydrogen-bond donors (Lipinski definition) is 2. The summed E-state index contributed by atoms with van der Waals surface area (Å²) in [4.78, 5) is 23.6. The van der Waals surface area contributed by atoms with Gasteiger partial charge in [0.05, 0.1) is 12.7 Å². The maximum Gasteiger partial charge on any atom is 0.276 e. The average Bonchev–Trinajstić information content (AvgIpc) is 2.59. The summed E-state index contributed by atoms with van der Waals surface area (Å²) in [5.74, 6) is -0.736. The van der Waals surface area contributed by atoms with Crippen LogP contribution in [0.5, 0.6) is 11.5 Å². The van der Waals surface area contributed by atoms with E-state index >= 15 is 0 Å². The minimum absolute atomic E-state index is 0.287. The number of nitrogens with one attached hydrogen (secondary N) is 2. The Bertz CT molecular complexity index is 689. The van der Waals surface area contributed by atoms with Gasteiger partial charge in [0, 0.05) is 0 Å². The van der Waals surface area contributed by atoms with Gasteiger partial charge in [-0.1, -0.05) is 12.1 Å². The fourth-order valence-electron chi connectivity index (χ4n) is 1.74. The molecule has 2 rings (SSSR count). The highest BCUT2D eigenvalue weighted by atomic mass is 19.1. The molecule has 6 nitrogen and oxygen atoms in total. The number of benzene rings is 2. The maximum absolute atomic E-state index is 12.7. The minimum atomic E-state index is -0.558. The second-order valence-corrected chi connectivity index (χ2v) is 4.45. The smallest absolute Gasteiger partial charge is 0.276 e. The van der Waals surface area contributed by atoms with Crippen LogP contribution in [0.25, 0.3) is 0 Å². The van der Waals surface area contributed by atoms with Crippen molar-refractivity contribution < 1.29 is 23.5 Å². The molecule has 2 aromatic rings. The number of carbonyl (C=O) groups is 2. The molecule has 0 saturated carbocycles. The van der Waals surface area contributed by atoms with Crippen LogP contribution in [0.3, 0.4) is 0 Å². The second-order valence-electron chi connectivity index (χ2n) is 4.45. The zero-order chi connectivity index (χ0) is 16.7. The minimum Gasteiger partial charge on any atom is -0.496 e. The topological polar surface area (TPSA) is 76.7 Å². The lowest BCUT2D eigenvalue weighted by molar-refractivity contribution is -0.123. The maximum atomic E-state index is 12.7. The Morgan fingerprint density at radius 1 is 1.04 bits per heavy atom. The molecule has 0 aliphatic carbocycles. The van der Waals surface area contributed by atoms with Crippen molar-refractivity contribution in [2.45, 2.75) is 0 Å². The summed E-state index contributed by atoms with van der Waals surface area (Å²) in [6.45, 7) is -0.322. The predicted octanol–water partition coefficient (Wildman–Crippen LogP) is 1.67. The molecule has 2 amide bonds. The zero-order valence-electron chi connectivity index (χ0n) is 12.3. The molecule has 7 heteroatoms. The van der Waals surface area contributed by atoms with E-state index in [4.69, 9.17) is 9.47 Å². The Labute approximate surface area is 132 Å². The Balaban J connectivity index is 1.82. The summed E-state index contributed by atoms with van der Waals surface area (Å²) in [6.07, 6.45) is 0. The number of hydrogen-bond acceptors (Lipinski definition) is 4. The summed E-state index contributed by atoms with van der Waals surface area (Å²) in [7, 11) is 1.45. The van der Waals surface area contributed by atoms with Gasteiger partial charge in [-0.05, 0) is 36.4 Å². The fraction of sp³-hybridized carbons (Fsp3) is 0.125. The highest BCUT2D eigenvalue weighted by Gasteiger charge is 2.12. The largest absolute Gasteiger partial charge is 0.496 e. The SMILES string of the molecule is COc1ccccc1C(=O)NNC(=O)COc1ccc(F)cc1. The molecule has 0 aliphatic rings. The number of carbonyl (C=O) groups excluding carboxylic acids is 2. The van der Waals surface area contributed by atoms with Crippen LogP contribution < -0.4 is 20.3 Å². The van der Waals surface area contributed by atoms with Gasteiger partial charge in [0.1, 0.15) is 17.3 Å². The number of hydrazine groups is 1. The van der Waals surface area contributed by atoms with Crippen LogP contribution in [-0.2, 0) is 4.79 Å². The third-order valence-electron chi connectivity index (χ3n) is 2.85. The summed E-state index contributed by atoms with van der Waals surface area (Å²) < 4.78 is 22.9. The molecule has 0 radical (unpaired) electrons. The van der Waals surface area contributed by atoms with Crippen LogP contribution >= 0.6 is 0 Å². The molecule has 0 aromatic heterocycles. The van der Waals surface area contributed by atoms with Gasteiger partial charge in [-0.3, -0.25) is 20.4 Å². The second kappa shape index (κ2) is 7.79. The van der Waals surface area contributed by atoms with Gasteiger partial charge >= 0.3 is 0 Å². The Kier molecular flexibility index (Phi) is 5.51. The van der Waals surface area contributed by atoms with Gasteiger partial charge in [0.25, 0.3) is 11.8 Å². The van der Waals surface area contributed by atoms with Crippen LogP contribution in [0.1, 0.15) is 10.4 Å². The first-order chi connectivity index (χ1) is 11.1. The predicted molar refractivity (Wildman–Crippen MR) is 80.5 cm³/mol. The molecule has 0 spiro atoms. The standard InChI is InChI=1S/C16H15FN2O4/c1-22-14-5-3-2-4-13(14)16(21)19-18-15(20)10-23-12-8-6-11(17)7-9-12/h2-9H,10H2,1H3,(H,18,20)(H,19,21). The monoisotopic (exact) mass is 318 g/mol. The lowest BCUT2D eigenvalue weighted by Crippen LogP contribution is -2.43. The molecule has 0 atom stereocenters. The Morgan fingerprint density at radius 2 is 1.74 bits per heavy atom. The highest BCUT2D eigenvalue weighted by molar-refractivity contribution is 5.97. The van der Waals surface area contributed by atoms with E-state index < -0.39 is 17.6 Å². The van der Waals surface area contributed by atoms with Crippen LogP contribution in [-0.4, -0.2) is 25.5 Å². The van der Waals surface area contributed by atoms with Gasteiger partial charge < -0.3 is 9.47 Å².